The van der Waals surface area contributed by atoms with Gasteiger partial charge in [-0.2, -0.15) is 0 Å². The first-order valence-corrected chi connectivity index (χ1v) is 4.37. The second kappa shape index (κ2) is 7.56. The molecule has 8 heteroatoms. The second-order valence-electron chi connectivity index (χ2n) is 2.59. The van der Waals surface area contributed by atoms with E-state index in [4.69, 9.17) is 11.5 Å². The van der Waals surface area contributed by atoms with E-state index >= 15 is 0 Å². The molecular formula is C7H15N5O3. The Balaban J connectivity index is 3.55. The third-order valence-corrected chi connectivity index (χ3v) is 1.35. The van der Waals surface area contributed by atoms with Crippen molar-refractivity contribution in [1.82, 2.24) is 16.0 Å². The van der Waals surface area contributed by atoms with Crippen LogP contribution >= 0.6 is 0 Å². The third kappa shape index (κ3) is 7.26. The number of hydrogen-bond acceptors (Lipinski definition) is 4. The highest BCUT2D eigenvalue weighted by Gasteiger charge is 2.10. The smallest absolute Gasteiger partial charge is 0.312 e. The van der Waals surface area contributed by atoms with Crippen molar-refractivity contribution in [1.29, 1.82) is 0 Å². The van der Waals surface area contributed by atoms with Gasteiger partial charge in [0.05, 0.1) is 0 Å². The van der Waals surface area contributed by atoms with Crippen LogP contribution < -0.4 is 27.4 Å². The molecule has 0 aliphatic carbocycles. The van der Waals surface area contributed by atoms with Crippen LogP contribution in [0, 0.1) is 0 Å². The van der Waals surface area contributed by atoms with Crippen LogP contribution in [0.25, 0.3) is 0 Å². The molecule has 7 N–H and O–H groups in total. The van der Waals surface area contributed by atoms with Crippen molar-refractivity contribution in [3.8, 4) is 0 Å². The Bertz CT molecular complexity index is 243. The molecule has 0 fully saturated rings. The molecule has 0 rings (SSSR count). The minimum atomic E-state index is -0.769. The van der Waals surface area contributed by atoms with Gasteiger partial charge in [0.2, 0.25) is 0 Å². The minimum absolute atomic E-state index is 0.137. The van der Waals surface area contributed by atoms with E-state index in [1.807, 2.05) is 0 Å². The molecule has 0 aromatic heterocycles. The Hall–Kier alpha value is -1.83. The summed E-state index contributed by atoms with van der Waals surface area (Å²) in [4.78, 5) is 32.1. The van der Waals surface area contributed by atoms with Crippen molar-refractivity contribution < 1.29 is 14.4 Å². The normalized spacial score (nSPS) is 9.13. The summed E-state index contributed by atoms with van der Waals surface area (Å²) in [6.07, 6.45) is 0. The molecule has 8 nitrogen and oxygen atoms in total. The van der Waals surface area contributed by atoms with Gasteiger partial charge in [0.25, 0.3) is 0 Å². The molecule has 86 valence electrons. The van der Waals surface area contributed by atoms with E-state index in [-0.39, 0.29) is 26.2 Å². The standard InChI is InChI=1S/C7H15N5O3/c8-1-2-10-5(13)6(14)11-3-4-12-7(9)15/h1-4,8H2,(H,10,13)(H,11,14)(H3,9,12,15). The van der Waals surface area contributed by atoms with Crippen LogP contribution in [0.15, 0.2) is 0 Å². The fraction of sp³-hybridized carbons (Fsp3) is 0.571. The first-order chi connectivity index (χ1) is 7.07. The first kappa shape index (κ1) is 13.2. The number of carbonyl (C=O) groups is 3. The van der Waals surface area contributed by atoms with Crippen LogP contribution in [-0.2, 0) is 9.59 Å². The van der Waals surface area contributed by atoms with Gasteiger partial charge in [-0.15, -0.1) is 0 Å². The molecule has 0 atom stereocenters. The van der Waals surface area contributed by atoms with Crippen molar-refractivity contribution in [2.24, 2.45) is 11.5 Å². The molecular weight excluding hydrogens is 202 g/mol. The largest absolute Gasteiger partial charge is 0.352 e. The van der Waals surface area contributed by atoms with Crippen LogP contribution in [0.5, 0.6) is 0 Å². The molecule has 15 heavy (non-hydrogen) atoms. The van der Waals surface area contributed by atoms with Crippen LogP contribution in [0.1, 0.15) is 0 Å². The predicted octanol–water partition coefficient (Wildman–Crippen LogP) is -3.15. The lowest BCUT2D eigenvalue weighted by Crippen LogP contribution is -2.44. The summed E-state index contributed by atoms with van der Waals surface area (Å²) in [6.45, 7) is 0.817. The minimum Gasteiger partial charge on any atom is -0.352 e. The zero-order valence-corrected chi connectivity index (χ0v) is 8.21. The fourth-order valence-corrected chi connectivity index (χ4v) is 0.708. The second-order valence-corrected chi connectivity index (χ2v) is 2.59. The number of primary amides is 1. The van der Waals surface area contributed by atoms with Crippen LogP contribution in [0.2, 0.25) is 0 Å². The summed E-state index contributed by atoms with van der Waals surface area (Å²) in [6, 6.07) is -0.683. The van der Waals surface area contributed by atoms with Crippen molar-refractivity contribution >= 4 is 17.8 Å². The molecule has 0 radical (unpaired) electrons. The first-order valence-electron chi connectivity index (χ1n) is 4.37. The van der Waals surface area contributed by atoms with E-state index in [2.05, 4.69) is 16.0 Å². The van der Waals surface area contributed by atoms with Gasteiger partial charge in [-0.1, -0.05) is 0 Å². The van der Waals surface area contributed by atoms with Crippen molar-refractivity contribution in [2.75, 3.05) is 26.2 Å². The van der Waals surface area contributed by atoms with Crippen molar-refractivity contribution in [3.63, 3.8) is 0 Å². The summed E-state index contributed by atoms with van der Waals surface area (Å²) in [5.74, 6) is -1.52. The van der Waals surface area contributed by atoms with Gasteiger partial charge in [-0.25, -0.2) is 4.79 Å². The van der Waals surface area contributed by atoms with Gasteiger partial charge in [0.15, 0.2) is 0 Å². The molecule has 0 heterocycles. The van der Waals surface area contributed by atoms with E-state index in [9.17, 15) is 14.4 Å². The maximum absolute atomic E-state index is 11.0. The van der Waals surface area contributed by atoms with E-state index in [0.717, 1.165) is 0 Å². The molecule has 0 aromatic carbocycles. The highest BCUT2D eigenvalue weighted by molar-refractivity contribution is 6.35. The number of hydrogen-bond donors (Lipinski definition) is 5. The van der Waals surface area contributed by atoms with Crippen molar-refractivity contribution in [2.45, 2.75) is 0 Å². The Kier molecular flexibility index (Phi) is 6.64. The highest BCUT2D eigenvalue weighted by atomic mass is 16.2. The lowest BCUT2D eigenvalue weighted by atomic mass is 10.5. The molecule has 0 saturated carbocycles. The number of carbonyl (C=O) groups excluding carboxylic acids is 3. The average molecular weight is 217 g/mol. The number of nitrogens with one attached hydrogen (secondary N) is 3. The molecule has 4 amide bonds. The fourth-order valence-electron chi connectivity index (χ4n) is 0.708. The topological polar surface area (TPSA) is 139 Å². The summed E-state index contributed by atoms with van der Waals surface area (Å²) in [5.41, 5.74) is 9.90. The van der Waals surface area contributed by atoms with Gasteiger partial charge in [0.1, 0.15) is 0 Å². The maximum Gasteiger partial charge on any atom is 0.312 e. The molecule has 0 aliphatic heterocycles. The lowest BCUT2D eigenvalue weighted by Gasteiger charge is -2.05. The lowest BCUT2D eigenvalue weighted by molar-refractivity contribution is -0.139. The van der Waals surface area contributed by atoms with Crippen molar-refractivity contribution in [3.05, 3.63) is 0 Å². The van der Waals surface area contributed by atoms with E-state index in [1.54, 1.807) is 0 Å². The Morgan fingerprint density at radius 3 is 1.80 bits per heavy atom. The molecule has 0 aliphatic rings. The van der Waals surface area contributed by atoms with Crippen LogP contribution in [0.3, 0.4) is 0 Å². The van der Waals surface area contributed by atoms with Gasteiger partial charge >= 0.3 is 17.8 Å². The van der Waals surface area contributed by atoms with Gasteiger partial charge in [0, 0.05) is 26.2 Å². The molecule has 0 unspecified atom stereocenters. The van der Waals surface area contributed by atoms with Gasteiger partial charge < -0.3 is 27.4 Å². The Morgan fingerprint density at radius 2 is 1.33 bits per heavy atom. The predicted molar refractivity (Wildman–Crippen MR) is 52.7 cm³/mol. The SMILES string of the molecule is NCCNC(=O)C(=O)NCCNC(N)=O. The molecule has 0 bridgehead atoms. The van der Waals surface area contributed by atoms with E-state index in [0.29, 0.717) is 0 Å². The highest BCUT2D eigenvalue weighted by Crippen LogP contribution is 1.68. The summed E-state index contributed by atoms with van der Waals surface area (Å²) in [7, 11) is 0. The Labute approximate surface area is 86.7 Å². The third-order valence-electron chi connectivity index (χ3n) is 1.35. The van der Waals surface area contributed by atoms with Gasteiger partial charge in [-0.3, -0.25) is 9.59 Å². The molecule has 0 spiro atoms. The average Bonchev–Trinajstić information content (AvgIpc) is 2.20. The summed E-state index contributed by atoms with van der Waals surface area (Å²) >= 11 is 0. The quantitative estimate of drug-likeness (QED) is 0.245. The maximum atomic E-state index is 11.0. The molecule has 0 saturated heterocycles. The number of nitrogens with two attached hydrogens (primary N) is 2. The molecule has 0 aromatic rings. The number of rotatable bonds is 5. The van der Waals surface area contributed by atoms with E-state index in [1.165, 1.54) is 0 Å². The number of amides is 4. The van der Waals surface area contributed by atoms with E-state index < -0.39 is 17.8 Å². The van der Waals surface area contributed by atoms with Gasteiger partial charge in [-0.05, 0) is 0 Å². The summed E-state index contributed by atoms with van der Waals surface area (Å²) in [5, 5.41) is 6.83. The van der Waals surface area contributed by atoms with Crippen LogP contribution in [-0.4, -0.2) is 44.0 Å². The zero-order valence-electron chi connectivity index (χ0n) is 8.21. The summed E-state index contributed by atoms with van der Waals surface area (Å²) < 4.78 is 0. The monoisotopic (exact) mass is 217 g/mol. The number of urea groups is 1. The zero-order chi connectivity index (χ0) is 11.7. The van der Waals surface area contributed by atoms with Crippen LogP contribution in [0.4, 0.5) is 4.79 Å². The Morgan fingerprint density at radius 1 is 0.867 bits per heavy atom.